The molecule has 0 atom stereocenters. The fraction of sp³-hybridized carbons (Fsp3) is 0.938. The number of aliphatic imine (C=N–C) groups is 1. The molecule has 0 aromatic carbocycles. The Kier molecular flexibility index (Phi) is 15.1. The molecule has 4 nitrogen and oxygen atoms in total. The molecule has 132 valence electrons. The summed E-state index contributed by atoms with van der Waals surface area (Å²) in [6.45, 7) is 7.56. The second-order valence-electron chi connectivity index (χ2n) is 5.92. The molecular formula is C16H35IN4S. The number of rotatable bonds is 9. The van der Waals surface area contributed by atoms with E-state index in [1.54, 1.807) is 0 Å². The van der Waals surface area contributed by atoms with Crippen LogP contribution < -0.4 is 10.6 Å². The summed E-state index contributed by atoms with van der Waals surface area (Å²) in [6, 6.07) is 0. The number of halogens is 1. The lowest BCUT2D eigenvalue weighted by Crippen LogP contribution is -2.39. The van der Waals surface area contributed by atoms with E-state index in [0.29, 0.717) is 0 Å². The highest BCUT2D eigenvalue weighted by Gasteiger charge is 2.16. The van der Waals surface area contributed by atoms with Crippen LogP contribution in [0.4, 0.5) is 0 Å². The SMILES string of the molecule is CCNC(=NCCCCSC)NCCC1CCN(C)CC1.I. The van der Waals surface area contributed by atoms with Gasteiger partial charge in [-0.25, -0.2) is 0 Å². The number of hydrogen-bond donors (Lipinski definition) is 2. The molecule has 1 saturated heterocycles. The monoisotopic (exact) mass is 442 g/mol. The van der Waals surface area contributed by atoms with Gasteiger partial charge in [-0.3, -0.25) is 4.99 Å². The summed E-state index contributed by atoms with van der Waals surface area (Å²) in [4.78, 5) is 7.09. The Bertz CT molecular complexity index is 281. The first kappa shape index (κ1) is 22.3. The minimum Gasteiger partial charge on any atom is -0.357 e. The number of thioether (sulfide) groups is 1. The van der Waals surface area contributed by atoms with Crippen molar-refractivity contribution in [3.05, 3.63) is 0 Å². The highest BCUT2D eigenvalue weighted by Crippen LogP contribution is 2.18. The minimum atomic E-state index is 0. The van der Waals surface area contributed by atoms with E-state index in [1.807, 2.05) is 11.8 Å². The maximum atomic E-state index is 4.66. The molecule has 22 heavy (non-hydrogen) atoms. The summed E-state index contributed by atoms with van der Waals surface area (Å²) < 4.78 is 0. The van der Waals surface area contributed by atoms with Crippen molar-refractivity contribution in [3.8, 4) is 0 Å². The van der Waals surface area contributed by atoms with Gasteiger partial charge in [0.15, 0.2) is 5.96 Å². The molecule has 0 saturated carbocycles. The van der Waals surface area contributed by atoms with Crippen LogP contribution in [0.25, 0.3) is 0 Å². The highest BCUT2D eigenvalue weighted by molar-refractivity contribution is 14.0. The Labute approximate surface area is 158 Å². The van der Waals surface area contributed by atoms with Gasteiger partial charge in [0, 0.05) is 19.6 Å². The Hall–Kier alpha value is 0.310. The summed E-state index contributed by atoms with van der Waals surface area (Å²) in [7, 11) is 2.22. The minimum absolute atomic E-state index is 0. The van der Waals surface area contributed by atoms with Crippen LogP contribution in [0.2, 0.25) is 0 Å². The largest absolute Gasteiger partial charge is 0.357 e. The lowest BCUT2D eigenvalue weighted by atomic mass is 9.94. The van der Waals surface area contributed by atoms with Crippen molar-refractivity contribution in [2.75, 3.05) is 51.8 Å². The van der Waals surface area contributed by atoms with Crippen LogP contribution in [-0.4, -0.2) is 62.6 Å². The maximum absolute atomic E-state index is 4.66. The van der Waals surface area contributed by atoms with Gasteiger partial charge in [0.05, 0.1) is 0 Å². The van der Waals surface area contributed by atoms with Crippen molar-refractivity contribution < 1.29 is 0 Å². The molecule has 0 amide bonds. The molecule has 1 aliphatic heterocycles. The van der Waals surface area contributed by atoms with Crippen LogP contribution in [0.15, 0.2) is 4.99 Å². The van der Waals surface area contributed by atoms with E-state index < -0.39 is 0 Å². The predicted molar refractivity (Wildman–Crippen MR) is 112 cm³/mol. The molecule has 0 spiro atoms. The Morgan fingerprint density at radius 1 is 1.23 bits per heavy atom. The van der Waals surface area contributed by atoms with Gasteiger partial charge in [-0.05, 0) is 77.1 Å². The molecule has 0 aromatic heterocycles. The number of unbranched alkanes of at least 4 members (excludes halogenated alkanes) is 1. The van der Waals surface area contributed by atoms with E-state index in [9.17, 15) is 0 Å². The predicted octanol–water partition coefficient (Wildman–Crippen LogP) is 3.03. The van der Waals surface area contributed by atoms with Crippen LogP contribution in [0.5, 0.6) is 0 Å². The topological polar surface area (TPSA) is 39.7 Å². The van der Waals surface area contributed by atoms with Crippen LogP contribution in [0.3, 0.4) is 0 Å². The van der Waals surface area contributed by atoms with Crippen molar-refractivity contribution >= 4 is 41.7 Å². The van der Waals surface area contributed by atoms with Crippen LogP contribution in [-0.2, 0) is 0 Å². The van der Waals surface area contributed by atoms with Gasteiger partial charge >= 0.3 is 0 Å². The first-order valence-corrected chi connectivity index (χ1v) is 9.85. The van der Waals surface area contributed by atoms with Crippen molar-refractivity contribution in [1.29, 1.82) is 0 Å². The Morgan fingerprint density at radius 2 is 1.95 bits per heavy atom. The molecule has 0 aliphatic carbocycles. The zero-order valence-corrected chi connectivity index (χ0v) is 17.7. The van der Waals surface area contributed by atoms with E-state index in [1.165, 1.54) is 50.9 Å². The molecule has 0 unspecified atom stereocenters. The normalized spacial score (nSPS) is 17.1. The summed E-state index contributed by atoms with van der Waals surface area (Å²) in [5.41, 5.74) is 0. The number of guanidine groups is 1. The van der Waals surface area contributed by atoms with Crippen molar-refractivity contribution in [2.24, 2.45) is 10.9 Å². The molecule has 0 aromatic rings. The van der Waals surface area contributed by atoms with Crippen LogP contribution in [0.1, 0.15) is 39.0 Å². The summed E-state index contributed by atoms with van der Waals surface area (Å²) in [5, 5.41) is 6.83. The highest BCUT2D eigenvalue weighted by atomic mass is 127. The third-order valence-electron chi connectivity index (χ3n) is 4.05. The van der Waals surface area contributed by atoms with Crippen molar-refractivity contribution in [3.63, 3.8) is 0 Å². The van der Waals surface area contributed by atoms with Gasteiger partial charge in [-0.2, -0.15) is 11.8 Å². The molecule has 6 heteroatoms. The molecular weight excluding hydrogens is 407 g/mol. The summed E-state index contributed by atoms with van der Waals surface area (Å²) in [6.07, 6.45) is 8.58. The third kappa shape index (κ3) is 10.9. The second kappa shape index (κ2) is 14.9. The van der Waals surface area contributed by atoms with Gasteiger partial charge in [-0.1, -0.05) is 0 Å². The summed E-state index contributed by atoms with van der Waals surface area (Å²) >= 11 is 1.92. The number of likely N-dealkylation sites (tertiary alicyclic amines) is 1. The molecule has 1 fully saturated rings. The summed E-state index contributed by atoms with van der Waals surface area (Å²) in [5.74, 6) is 3.13. The number of piperidine rings is 1. The Morgan fingerprint density at radius 3 is 2.59 bits per heavy atom. The lowest BCUT2D eigenvalue weighted by molar-refractivity contribution is 0.213. The van der Waals surface area contributed by atoms with E-state index in [0.717, 1.165) is 31.5 Å². The average Bonchev–Trinajstić information content (AvgIpc) is 2.49. The van der Waals surface area contributed by atoms with E-state index in [2.05, 4.69) is 40.8 Å². The van der Waals surface area contributed by atoms with Crippen LogP contribution in [0, 0.1) is 5.92 Å². The van der Waals surface area contributed by atoms with Crippen LogP contribution >= 0.6 is 35.7 Å². The fourth-order valence-electron chi connectivity index (χ4n) is 2.64. The fourth-order valence-corrected chi connectivity index (χ4v) is 3.13. The molecule has 0 radical (unpaired) electrons. The molecule has 1 aliphatic rings. The molecule has 1 heterocycles. The quantitative estimate of drug-likeness (QED) is 0.249. The van der Waals surface area contributed by atoms with E-state index in [4.69, 9.17) is 0 Å². The first-order chi connectivity index (χ1) is 10.3. The average molecular weight is 442 g/mol. The van der Waals surface area contributed by atoms with E-state index in [-0.39, 0.29) is 24.0 Å². The third-order valence-corrected chi connectivity index (χ3v) is 4.75. The molecule has 2 N–H and O–H groups in total. The Balaban J connectivity index is 0.00000441. The molecule has 0 bridgehead atoms. The van der Waals surface area contributed by atoms with Gasteiger partial charge in [-0.15, -0.1) is 24.0 Å². The number of hydrogen-bond acceptors (Lipinski definition) is 3. The van der Waals surface area contributed by atoms with Gasteiger partial charge < -0.3 is 15.5 Å². The van der Waals surface area contributed by atoms with Crippen molar-refractivity contribution in [2.45, 2.75) is 39.0 Å². The standard InChI is InChI=1S/C16H34N4S.HI/c1-4-17-16(18-10-5-6-14-21-3)19-11-7-15-8-12-20(2)13-9-15;/h15H,4-14H2,1-3H3,(H2,17,18,19);1H. The van der Waals surface area contributed by atoms with Gasteiger partial charge in [0.25, 0.3) is 0 Å². The van der Waals surface area contributed by atoms with Gasteiger partial charge in [0.2, 0.25) is 0 Å². The number of nitrogens with zero attached hydrogens (tertiary/aromatic N) is 2. The smallest absolute Gasteiger partial charge is 0.191 e. The van der Waals surface area contributed by atoms with E-state index >= 15 is 0 Å². The molecule has 1 rings (SSSR count). The maximum Gasteiger partial charge on any atom is 0.191 e. The number of nitrogens with one attached hydrogen (secondary N) is 2. The first-order valence-electron chi connectivity index (χ1n) is 8.46. The second-order valence-corrected chi connectivity index (χ2v) is 6.91. The van der Waals surface area contributed by atoms with Crippen molar-refractivity contribution in [1.82, 2.24) is 15.5 Å². The van der Waals surface area contributed by atoms with Gasteiger partial charge in [0.1, 0.15) is 0 Å². The zero-order valence-electron chi connectivity index (χ0n) is 14.6. The lowest BCUT2D eigenvalue weighted by Gasteiger charge is -2.29. The zero-order chi connectivity index (χ0) is 15.3.